The van der Waals surface area contributed by atoms with Gasteiger partial charge in [-0.25, -0.2) is 9.50 Å². The predicted octanol–water partition coefficient (Wildman–Crippen LogP) is 2.88. The van der Waals surface area contributed by atoms with Gasteiger partial charge >= 0.3 is 0 Å². The van der Waals surface area contributed by atoms with E-state index in [0.29, 0.717) is 17.0 Å². The number of rotatable bonds is 3. The Kier molecular flexibility index (Phi) is 3.30. The van der Waals surface area contributed by atoms with Crippen LogP contribution in [0.5, 0.6) is 0 Å². The molecule has 0 aliphatic rings. The number of hydrogen-bond acceptors (Lipinski definition) is 3. The van der Waals surface area contributed by atoms with Gasteiger partial charge in [-0.1, -0.05) is 29.8 Å². The summed E-state index contributed by atoms with van der Waals surface area (Å²) in [5.41, 5.74) is 4.83. The lowest BCUT2D eigenvalue weighted by atomic mass is 10.1. The van der Waals surface area contributed by atoms with Crippen LogP contribution in [0.15, 0.2) is 53.6 Å². The first kappa shape index (κ1) is 14.4. The second-order valence-corrected chi connectivity index (χ2v) is 5.75. The number of aromatic amines is 1. The Morgan fingerprint density at radius 3 is 2.62 bits per heavy atom. The van der Waals surface area contributed by atoms with Crippen molar-refractivity contribution >= 4 is 5.65 Å². The van der Waals surface area contributed by atoms with Crippen LogP contribution in [0.25, 0.3) is 28.2 Å². The van der Waals surface area contributed by atoms with Crippen molar-refractivity contribution in [3.63, 3.8) is 0 Å². The highest BCUT2D eigenvalue weighted by Gasteiger charge is 2.13. The maximum absolute atomic E-state index is 12.4. The van der Waals surface area contributed by atoms with Gasteiger partial charge in [-0.05, 0) is 25.5 Å². The van der Waals surface area contributed by atoms with Crippen molar-refractivity contribution in [1.82, 2.24) is 24.4 Å². The number of benzene rings is 1. The quantitative estimate of drug-likeness (QED) is 0.631. The molecule has 0 saturated carbocycles. The Bertz CT molecular complexity index is 1070. The maximum atomic E-state index is 12.4. The first-order valence-electron chi connectivity index (χ1n) is 7.88. The second kappa shape index (κ2) is 5.49. The molecule has 3 aromatic heterocycles. The van der Waals surface area contributed by atoms with Gasteiger partial charge in [-0.2, -0.15) is 5.10 Å². The van der Waals surface area contributed by atoms with Crippen LogP contribution >= 0.6 is 0 Å². The number of fused-ring (bicyclic) bond motifs is 1. The van der Waals surface area contributed by atoms with E-state index in [2.05, 4.69) is 15.2 Å². The van der Waals surface area contributed by atoms with Gasteiger partial charge in [-0.3, -0.25) is 14.6 Å². The molecular formula is C18H17N5O. The van der Waals surface area contributed by atoms with Crippen molar-refractivity contribution in [1.29, 1.82) is 0 Å². The van der Waals surface area contributed by atoms with Crippen molar-refractivity contribution in [3.05, 3.63) is 64.7 Å². The number of aromatic nitrogens is 5. The topological polar surface area (TPSA) is 68.0 Å². The third kappa shape index (κ3) is 2.32. The largest absolute Gasteiger partial charge is 0.296 e. The lowest BCUT2D eigenvalue weighted by Crippen LogP contribution is -2.14. The second-order valence-electron chi connectivity index (χ2n) is 5.75. The minimum atomic E-state index is -0.153. The number of nitrogens with one attached hydrogen (secondary N) is 1. The molecule has 0 bridgehead atoms. The van der Waals surface area contributed by atoms with Gasteiger partial charge in [0, 0.05) is 30.6 Å². The summed E-state index contributed by atoms with van der Waals surface area (Å²) >= 11 is 0. The summed E-state index contributed by atoms with van der Waals surface area (Å²) in [5.74, 6) is 0. The van der Waals surface area contributed by atoms with Crippen LogP contribution in [0.4, 0.5) is 0 Å². The first-order valence-corrected chi connectivity index (χ1v) is 7.88. The zero-order chi connectivity index (χ0) is 16.7. The van der Waals surface area contributed by atoms with Gasteiger partial charge < -0.3 is 0 Å². The Morgan fingerprint density at radius 2 is 1.92 bits per heavy atom. The fraction of sp³-hybridized carbons (Fsp3) is 0.167. The van der Waals surface area contributed by atoms with Gasteiger partial charge in [0.15, 0.2) is 5.65 Å². The highest BCUT2D eigenvalue weighted by atomic mass is 16.1. The van der Waals surface area contributed by atoms with Crippen molar-refractivity contribution in [3.8, 4) is 22.5 Å². The predicted molar refractivity (Wildman–Crippen MR) is 92.9 cm³/mol. The molecule has 0 spiro atoms. The minimum Gasteiger partial charge on any atom is -0.296 e. The Balaban J connectivity index is 1.91. The smallest absolute Gasteiger partial charge is 0.273 e. The van der Waals surface area contributed by atoms with E-state index in [1.807, 2.05) is 61.3 Å². The van der Waals surface area contributed by atoms with E-state index in [1.54, 1.807) is 0 Å². The number of aryl methyl sites for hydroxylation is 2. The lowest BCUT2D eigenvalue weighted by molar-refractivity contribution is 0.661. The SMILES string of the molecule is CCn1ccc(-c2cc(=O)n3[nH]cc(-c4ccc(C)cc4)c3n2)n1. The zero-order valence-electron chi connectivity index (χ0n) is 13.5. The molecule has 1 aromatic carbocycles. The molecule has 4 rings (SSSR count). The van der Waals surface area contributed by atoms with Crippen LogP contribution in [0.3, 0.4) is 0 Å². The summed E-state index contributed by atoms with van der Waals surface area (Å²) in [4.78, 5) is 17.1. The molecule has 120 valence electrons. The lowest BCUT2D eigenvalue weighted by Gasteiger charge is -2.02. The van der Waals surface area contributed by atoms with Crippen LogP contribution in [-0.2, 0) is 6.54 Å². The number of nitrogens with zero attached hydrogens (tertiary/aromatic N) is 4. The molecule has 0 amide bonds. The molecule has 0 atom stereocenters. The molecule has 0 aliphatic heterocycles. The summed E-state index contributed by atoms with van der Waals surface area (Å²) in [6.45, 7) is 4.84. The summed E-state index contributed by atoms with van der Waals surface area (Å²) in [5, 5.41) is 7.42. The van der Waals surface area contributed by atoms with Gasteiger partial charge in [-0.15, -0.1) is 0 Å². The van der Waals surface area contributed by atoms with Crippen LogP contribution < -0.4 is 5.56 Å². The molecule has 3 heterocycles. The average molecular weight is 319 g/mol. The van der Waals surface area contributed by atoms with E-state index in [1.165, 1.54) is 16.1 Å². The fourth-order valence-corrected chi connectivity index (χ4v) is 2.73. The van der Waals surface area contributed by atoms with Crippen molar-refractivity contribution in [2.75, 3.05) is 0 Å². The Morgan fingerprint density at radius 1 is 1.12 bits per heavy atom. The van der Waals surface area contributed by atoms with E-state index in [9.17, 15) is 4.79 Å². The van der Waals surface area contributed by atoms with Crippen LogP contribution in [0.1, 0.15) is 12.5 Å². The van der Waals surface area contributed by atoms with E-state index < -0.39 is 0 Å². The molecule has 6 heteroatoms. The van der Waals surface area contributed by atoms with Crippen molar-refractivity contribution in [2.45, 2.75) is 20.4 Å². The van der Waals surface area contributed by atoms with Gasteiger partial charge in [0.1, 0.15) is 5.69 Å². The zero-order valence-corrected chi connectivity index (χ0v) is 13.5. The van der Waals surface area contributed by atoms with Crippen LogP contribution in [-0.4, -0.2) is 24.4 Å². The normalized spacial score (nSPS) is 11.2. The molecule has 0 fully saturated rings. The van der Waals surface area contributed by atoms with E-state index in [4.69, 9.17) is 0 Å². The first-order chi connectivity index (χ1) is 11.7. The number of hydrogen-bond donors (Lipinski definition) is 1. The molecule has 0 unspecified atom stereocenters. The third-order valence-electron chi connectivity index (χ3n) is 4.09. The molecule has 0 radical (unpaired) electrons. The number of H-pyrrole nitrogens is 1. The molecular weight excluding hydrogens is 302 g/mol. The summed E-state index contributed by atoms with van der Waals surface area (Å²) in [7, 11) is 0. The Hall–Kier alpha value is -3.15. The Labute approximate surface area is 138 Å². The van der Waals surface area contributed by atoms with Gasteiger partial charge in [0.2, 0.25) is 0 Å². The fourth-order valence-electron chi connectivity index (χ4n) is 2.73. The molecule has 0 aliphatic carbocycles. The summed E-state index contributed by atoms with van der Waals surface area (Å²) in [6, 6.07) is 11.5. The molecule has 1 N–H and O–H groups in total. The molecule has 24 heavy (non-hydrogen) atoms. The minimum absolute atomic E-state index is 0.153. The van der Waals surface area contributed by atoms with E-state index in [-0.39, 0.29) is 5.56 Å². The maximum Gasteiger partial charge on any atom is 0.273 e. The summed E-state index contributed by atoms with van der Waals surface area (Å²) in [6.07, 6.45) is 3.69. The average Bonchev–Trinajstić information content (AvgIpc) is 3.22. The van der Waals surface area contributed by atoms with Gasteiger partial charge in [0.25, 0.3) is 5.56 Å². The highest BCUT2D eigenvalue weighted by molar-refractivity contribution is 5.78. The van der Waals surface area contributed by atoms with Gasteiger partial charge in [0.05, 0.1) is 5.69 Å². The molecule has 6 nitrogen and oxygen atoms in total. The van der Waals surface area contributed by atoms with Crippen molar-refractivity contribution in [2.24, 2.45) is 0 Å². The monoisotopic (exact) mass is 319 g/mol. The van der Waals surface area contributed by atoms with Crippen molar-refractivity contribution < 1.29 is 0 Å². The molecule has 0 saturated heterocycles. The van der Waals surface area contributed by atoms with Crippen LogP contribution in [0.2, 0.25) is 0 Å². The third-order valence-corrected chi connectivity index (χ3v) is 4.09. The summed E-state index contributed by atoms with van der Waals surface area (Å²) < 4.78 is 3.27. The highest BCUT2D eigenvalue weighted by Crippen LogP contribution is 2.24. The van der Waals surface area contributed by atoms with E-state index >= 15 is 0 Å². The van der Waals surface area contributed by atoms with E-state index in [0.717, 1.165) is 17.7 Å². The van der Waals surface area contributed by atoms with Crippen LogP contribution in [0, 0.1) is 6.92 Å². The standard InChI is InChI=1S/C18H17N5O/c1-3-22-9-8-15(21-22)16-10-17(24)23-18(20-16)14(11-19-23)13-6-4-12(2)5-7-13/h4-11,19H,3H2,1-2H3. The molecule has 4 aromatic rings.